The molecule has 3 nitrogen and oxygen atoms in total. The van der Waals surface area contributed by atoms with Crippen molar-refractivity contribution in [2.24, 2.45) is 5.92 Å². The predicted octanol–water partition coefficient (Wildman–Crippen LogP) is 2.78. The summed E-state index contributed by atoms with van der Waals surface area (Å²) < 4.78 is 0. The minimum atomic E-state index is 0.106. The lowest BCUT2D eigenvalue weighted by atomic mass is 10.0. The van der Waals surface area contributed by atoms with Crippen molar-refractivity contribution in [2.75, 3.05) is 23.8 Å². The summed E-state index contributed by atoms with van der Waals surface area (Å²) in [4.78, 5) is 2.11. The topological polar surface area (TPSA) is 49.5 Å². The van der Waals surface area contributed by atoms with E-state index < -0.39 is 0 Å². The minimum absolute atomic E-state index is 0.106. The van der Waals surface area contributed by atoms with Gasteiger partial charge < -0.3 is 15.7 Å². The molecular weight excluding hydrogens is 259 g/mol. The molecule has 0 radical (unpaired) electrons. The van der Waals surface area contributed by atoms with Gasteiger partial charge in [-0.05, 0) is 24.5 Å². The Bertz CT molecular complexity index is 425. The molecule has 0 spiro atoms. The quantitative estimate of drug-likeness (QED) is 0.816. The fraction of sp³-hybridized carbons (Fsp3) is 0.500. The van der Waals surface area contributed by atoms with Crippen molar-refractivity contribution >= 4 is 34.6 Å². The Morgan fingerprint density at radius 1 is 1.41 bits per heavy atom. The van der Waals surface area contributed by atoms with E-state index in [1.165, 1.54) is 0 Å². The molecule has 5 heteroatoms. The van der Waals surface area contributed by atoms with Crippen LogP contribution in [0.15, 0.2) is 12.1 Å². The van der Waals surface area contributed by atoms with Crippen molar-refractivity contribution in [3.63, 3.8) is 0 Å². The molecule has 17 heavy (non-hydrogen) atoms. The van der Waals surface area contributed by atoms with E-state index in [2.05, 4.69) is 11.8 Å². The Hall–Kier alpha value is -0.640. The number of nitrogen functional groups attached to an aromatic ring is 1. The second kappa shape index (κ2) is 4.92. The van der Waals surface area contributed by atoms with Crippen LogP contribution in [-0.2, 0) is 0 Å². The first kappa shape index (κ1) is 12.8. The first-order chi connectivity index (χ1) is 8.04. The van der Waals surface area contributed by atoms with Gasteiger partial charge in [-0.15, -0.1) is 0 Å². The first-order valence-electron chi connectivity index (χ1n) is 5.66. The maximum atomic E-state index is 9.44. The van der Waals surface area contributed by atoms with Crippen molar-refractivity contribution in [3.8, 4) is 0 Å². The number of hydrogen-bond donors (Lipinski definition) is 2. The zero-order valence-corrected chi connectivity index (χ0v) is 11.2. The van der Waals surface area contributed by atoms with Gasteiger partial charge in [0, 0.05) is 6.54 Å². The van der Waals surface area contributed by atoms with E-state index >= 15 is 0 Å². The van der Waals surface area contributed by atoms with Gasteiger partial charge in [-0.1, -0.05) is 30.1 Å². The van der Waals surface area contributed by atoms with Gasteiger partial charge in [-0.3, -0.25) is 0 Å². The Labute approximate surface area is 111 Å². The van der Waals surface area contributed by atoms with Crippen molar-refractivity contribution in [2.45, 2.75) is 19.4 Å². The van der Waals surface area contributed by atoms with Crippen LogP contribution in [0, 0.1) is 5.92 Å². The van der Waals surface area contributed by atoms with E-state index in [4.69, 9.17) is 28.9 Å². The zero-order chi connectivity index (χ0) is 12.6. The normalized spacial score (nSPS) is 24.4. The van der Waals surface area contributed by atoms with E-state index in [1.54, 1.807) is 12.1 Å². The van der Waals surface area contributed by atoms with Crippen LogP contribution >= 0.6 is 23.2 Å². The van der Waals surface area contributed by atoms with Crippen LogP contribution in [0.4, 0.5) is 11.4 Å². The van der Waals surface area contributed by atoms with E-state index in [1.807, 2.05) is 0 Å². The van der Waals surface area contributed by atoms with Gasteiger partial charge in [0.05, 0.1) is 34.1 Å². The number of rotatable bonds is 2. The number of aliphatic hydroxyl groups is 1. The molecule has 1 aromatic rings. The molecule has 2 unspecified atom stereocenters. The Kier molecular flexibility index (Phi) is 3.71. The molecule has 1 saturated heterocycles. The SMILES string of the molecule is CC1CCN(c2cc(Cl)c(Cl)cc2N)C1CO. The van der Waals surface area contributed by atoms with E-state index in [0.29, 0.717) is 21.7 Å². The Morgan fingerprint density at radius 3 is 2.71 bits per heavy atom. The second-order valence-corrected chi connectivity index (χ2v) is 5.35. The highest BCUT2D eigenvalue weighted by Gasteiger charge is 2.31. The third kappa shape index (κ3) is 2.32. The molecule has 2 atom stereocenters. The van der Waals surface area contributed by atoms with Gasteiger partial charge in [0.25, 0.3) is 0 Å². The summed E-state index contributed by atoms with van der Waals surface area (Å²) >= 11 is 11.9. The predicted molar refractivity (Wildman–Crippen MR) is 72.9 cm³/mol. The lowest BCUT2D eigenvalue weighted by Crippen LogP contribution is -2.35. The van der Waals surface area contributed by atoms with Crippen LogP contribution in [-0.4, -0.2) is 24.3 Å². The summed E-state index contributed by atoms with van der Waals surface area (Å²) in [7, 11) is 0. The van der Waals surface area contributed by atoms with Gasteiger partial charge in [0.1, 0.15) is 0 Å². The van der Waals surface area contributed by atoms with Crippen LogP contribution in [0.1, 0.15) is 13.3 Å². The van der Waals surface area contributed by atoms with Gasteiger partial charge in [-0.2, -0.15) is 0 Å². The number of hydrogen-bond acceptors (Lipinski definition) is 3. The van der Waals surface area contributed by atoms with Crippen molar-refractivity contribution in [1.82, 2.24) is 0 Å². The molecule has 94 valence electrons. The molecule has 0 bridgehead atoms. The molecule has 2 rings (SSSR count). The molecular formula is C12H16Cl2N2O. The fourth-order valence-electron chi connectivity index (χ4n) is 2.39. The smallest absolute Gasteiger partial charge is 0.0637 e. The summed E-state index contributed by atoms with van der Waals surface area (Å²) in [6.45, 7) is 3.14. The van der Waals surface area contributed by atoms with Crippen LogP contribution < -0.4 is 10.6 Å². The number of nitrogens with zero attached hydrogens (tertiary/aromatic N) is 1. The van der Waals surface area contributed by atoms with Gasteiger partial charge >= 0.3 is 0 Å². The van der Waals surface area contributed by atoms with Gasteiger partial charge in [0.2, 0.25) is 0 Å². The average molecular weight is 275 g/mol. The Balaban J connectivity index is 2.37. The lowest BCUT2D eigenvalue weighted by Gasteiger charge is -2.28. The van der Waals surface area contributed by atoms with Crippen LogP contribution in [0.25, 0.3) is 0 Å². The fourth-order valence-corrected chi connectivity index (χ4v) is 2.72. The number of aliphatic hydroxyl groups excluding tert-OH is 1. The van der Waals surface area contributed by atoms with Crippen molar-refractivity contribution < 1.29 is 5.11 Å². The molecule has 1 aromatic carbocycles. The van der Waals surface area contributed by atoms with E-state index in [-0.39, 0.29) is 12.6 Å². The van der Waals surface area contributed by atoms with E-state index in [0.717, 1.165) is 18.7 Å². The summed E-state index contributed by atoms with van der Waals surface area (Å²) in [5, 5.41) is 10.4. The van der Waals surface area contributed by atoms with Gasteiger partial charge in [-0.25, -0.2) is 0 Å². The molecule has 1 aliphatic rings. The van der Waals surface area contributed by atoms with Crippen LogP contribution in [0.2, 0.25) is 10.0 Å². The molecule has 3 N–H and O–H groups in total. The summed E-state index contributed by atoms with van der Waals surface area (Å²) in [6, 6.07) is 3.55. The first-order valence-corrected chi connectivity index (χ1v) is 6.42. The number of halogens is 2. The highest BCUT2D eigenvalue weighted by atomic mass is 35.5. The molecule has 0 aromatic heterocycles. The van der Waals surface area contributed by atoms with Gasteiger partial charge in [0.15, 0.2) is 0 Å². The standard InChI is InChI=1S/C12H16Cl2N2O/c1-7-2-3-16(12(7)6-17)11-5-9(14)8(13)4-10(11)15/h4-5,7,12,17H,2-3,6,15H2,1H3. The molecule has 1 fully saturated rings. The molecule has 1 heterocycles. The molecule has 0 amide bonds. The third-order valence-corrected chi connectivity index (χ3v) is 4.17. The maximum absolute atomic E-state index is 9.44. The number of benzene rings is 1. The van der Waals surface area contributed by atoms with Crippen molar-refractivity contribution in [1.29, 1.82) is 0 Å². The summed E-state index contributed by atoms with van der Waals surface area (Å²) in [6.07, 6.45) is 1.05. The number of nitrogens with two attached hydrogens (primary N) is 1. The second-order valence-electron chi connectivity index (χ2n) is 4.53. The largest absolute Gasteiger partial charge is 0.397 e. The highest BCUT2D eigenvalue weighted by Crippen LogP contribution is 2.37. The summed E-state index contributed by atoms with van der Waals surface area (Å²) in [5.74, 6) is 0.453. The summed E-state index contributed by atoms with van der Waals surface area (Å²) in [5.41, 5.74) is 7.43. The van der Waals surface area contributed by atoms with Crippen LogP contribution in [0.3, 0.4) is 0 Å². The third-order valence-electron chi connectivity index (χ3n) is 3.45. The maximum Gasteiger partial charge on any atom is 0.0637 e. The Morgan fingerprint density at radius 2 is 2.06 bits per heavy atom. The average Bonchev–Trinajstić information content (AvgIpc) is 2.64. The zero-order valence-electron chi connectivity index (χ0n) is 9.66. The molecule has 1 aliphatic heterocycles. The lowest BCUT2D eigenvalue weighted by molar-refractivity contribution is 0.245. The van der Waals surface area contributed by atoms with E-state index in [9.17, 15) is 5.11 Å². The molecule has 0 saturated carbocycles. The monoisotopic (exact) mass is 274 g/mol. The van der Waals surface area contributed by atoms with Crippen molar-refractivity contribution in [3.05, 3.63) is 22.2 Å². The highest BCUT2D eigenvalue weighted by molar-refractivity contribution is 6.42. The number of anilines is 2. The van der Waals surface area contributed by atoms with Crippen LogP contribution in [0.5, 0.6) is 0 Å². The molecule has 0 aliphatic carbocycles. The minimum Gasteiger partial charge on any atom is -0.397 e.